The summed E-state index contributed by atoms with van der Waals surface area (Å²) >= 11 is 0.483. The number of rotatable bonds is 2. The topological polar surface area (TPSA) is 12.5 Å². The molecule has 90 valence electrons. The fourth-order valence-electron chi connectivity index (χ4n) is 2.15. The second-order valence-corrected chi connectivity index (χ2v) is 6.74. The summed E-state index contributed by atoms with van der Waals surface area (Å²) in [4.78, 5) is 0. The van der Waals surface area contributed by atoms with E-state index >= 15 is 0 Å². The number of nitrogens with zero attached hydrogens (tertiary/aromatic N) is 1. The molecule has 1 unspecified atom stereocenters. The number of hydrogen-bond donors (Lipinski definition) is 0. The molecule has 2 nitrogen and oxygen atoms in total. The Morgan fingerprint density at radius 3 is 2.62 bits per heavy atom. The summed E-state index contributed by atoms with van der Waals surface area (Å²) in [6, 6.07) is 7.05. The van der Waals surface area contributed by atoms with Crippen molar-refractivity contribution >= 4 is 43.6 Å². The van der Waals surface area contributed by atoms with Crippen molar-refractivity contribution in [1.29, 1.82) is 0 Å². The summed E-state index contributed by atoms with van der Waals surface area (Å²) in [6.45, 7) is 4.57. The van der Waals surface area contributed by atoms with Gasteiger partial charge in [-0.05, 0) is 0 Å². The maximum Gasteiger partial charge on any atom is -0.107 e. The third kappa shape index (κ3) is 2.55. The van der Waals surface area contributed by atoms with Crippen molar-refractivity contribution in [3.05, 3.63) is 23.8 Å². The molecule has 0 amide bonds. The predicted octanol–water partition coefficient (Wildman–Crippen LogP) is 2.20. The summed E-state index contributed by atoms with van der Waals surface area (Å²) in [5.41, 5.74) is 1.46. The molecule has 1 heterocycles. The molecule has 1 aliphatic heterocycles. The van der Waals surface area contributed by atoms with Crippen LogP contribution in [0.1, 0.15) is 25.5 Å². The van der Waals surface area contributed by atoms with Gasteiger partial charge in [0.25, 0.3) is 0 Å². The Labute approximate surface area is 121 Å². The predicted molar refractivity (Wildman–Crippen MR) is 79.1 cm³/mol. The zero-order valence-electron chi connectivity index (χ0n) is 10.1. The van der Waals surface area contributed by atoms with Crippen molar-refractivity contribution < 1.29 is 4.74 Å². The number of methoxy groups -OCH3 is 1. The van der Waals surface area contributed by atoms with E-state index in [2.05, 4.69) is 43.0 Å². The van der Waals surface area contributed by atoms with Gasteiger partial charge in [-0.3, -0.25) is 0 Å². The van der Waals surface area contributed by atoms with Crippen LogP contribution in [0.3, 0.4) is 0 Å². The summed E-state index contributed by atoms with van der Waals surface area (Å²) in [7, 11) is 3.95. The van der Waals surface area contributed by atoms with Crippen molar-refractivity contribution in [2.24, 2.45) is 5.92 Å². The van der Waals surface area contributed by atoms with Crippen LogP contribution in [0, 0.1) is 5.92 Å². The van der Waals surface area contributed by atoms with Crippen LogP contribution in [-0.4, -0.2) is 33.2 Å². The third-order valence-corrected chi connectivity index (χ3v) is 5.07. The standard InChI is InChI=1S/C12H17NOSe.HI/c1-8(2)12-10-7-9(14-4)5-6-11(10)15-13(12)3;/h5-8,12H,1-4H3;1H. The zero-order valence-corrected chi connectivity index (χ0v) is 14.1. The van der Waals surface area contributed by atoms with Gasteiger partial charge in [-0.1, -0.05) is 0 Å². The van der Waals surface area contributed by atoms with Crippen LogP contribution >= 0.6 is 24.0 Å². The Balaban J connectivity index is 0.00000128. The number of fused-ring (bicyclic) bond motifs is 1. The third-order valence-electron chi connectivity index (χ3n) is 2.80. The quantitative estimate of drug-likeness (QED) is 0.560. The van der Waals surface area contributed by atoms with Gasteiger partial charge < -0.3 is 0 Å². The van der Waals surface area contributed by atoms with Crippen LogP contribution in [0.2, 0.25) is 0 Å². The molecule has 0 saturated heterocycles. The fourth-order valence-corrected chi connectivity index (χ4v) is 4.66. The molecular weight excluding hydrogens is 380 g/mol. The molecule has 2 rings (SSSR count). The Morgan fingerprint density at radius 2 is 2.06 bits per heavy atom. The van der Waals surface area contributed by atoms with Crippen LogP contribution < -0.4 is 9.20 Å². The van der Waals surface area contributed by atoms with Crippen molar-refractivity contribution in [2.75, 3.05) is 14.2 Å². The molecule has 0 saturated carbocycles. The molecule has 0 fully saturated rings. The van der Waals surface area contributed by atoms with Crippen LogP contribution in [0.4, 0.5) is 0 Å². The normalized spacial score (nSPS) is 19.4. The minimum absolute atomic E-state index is 0. The largest absolute Gasteiger partial charge is 0.107 e. The fraction of sp³-hybridized carbons (Fsp3) is 0.500. The van der Waals surface area contributed by atoms with E-state index in [1.165, 1.54) is 10.0 Å². The Morgan fingerprint density at radius 1 is 1.38 bits per heavy atom. The van der Waals surface area contributed by atoms with Crippen molar-refractivity contribution in [3.63, 3.8) is 0 Å². The molecule has 4 heteroatoms. The summed E-state index contributed by atoms with van der Waals surface area (Å²) in [5, 5.41) is 0. The molecule has 1 atom stereocenters. The van der Waals surface area contributed by atoms with E-state index < -0.39 is 0 Å². The first-order valence-electron chi connectivity index (χ1n) is 5.22. The molecule has 1 aromatic carbocycles. The number of hydrogen-bond acceptors (Lipinski definition) is 2. The molecule has 16 heavy (non-hydrogen) atoms. The van der Waals surface area contributed by atoms with E-state index in [0.717, 1.165) is 5.75 Å². The van der Waals surface area contributed by atoms with Crippen molar-refractivity contribution in [2.45, 2.75) is 19.9 Å². The SMILES string of the molecule is COc1ccc2c(c1)C(C(C)C)N(C)[Se]2.I. The molecule has 1 aromatic rings. The van der Waals surface area contributed by atoms with E-state index in [-0.39, 0.29) is 24.0 Å². The van der Waals surface area contributed by atoms with Crippen LogP contribution in [0.5, 0.6) is 5.75 Å². The molecule has 1 aliphatic rings. The summed E-state index contributed by atoms with van der Waals surface area (Å²) in [5.74, 6) is 1.63. The van der Waals surface area contributed by atoms with E-state index in [1.807, 2.05) is 0 Å². The van der Waals surface area contributed by atoms with Crippen molar-refractivity contribution in [3.8, 4) is 5.75 Å². The second kappa shape index (κ2) is 5.71. The first-order chi connectivity index (χ1) is 7.13. The molecule has 0 aromatic heterocycles. The molecular formula is C12H18INOSe. The van der Waals surface area contributed by atoms with Crippen LogP contribution in [0.15, 0.2) is 18.2 Å². The Bertz CT molecular complexity index is 370. The first-order valence-corrected chi connectivity index (χ1v) is 6.84. The van der Waals surface area contributed by atoms with E-state index in [0.29, 0.717) is 27.1 Å². The maximum atomic E-state index is 5.29. The van der Waals surface area contributed by atoms with Gasteiger partial charge in [0.2, 0.25) is 0 Å². The van der Waals surface area contributed by atoms with E-state index in [9.17, 15) is 0 Å². The second-order valence-electron chi connectivity index (χ2n) is 4.23. The van der Waals surface area contributed by atoms with Crippen molar-refractivity contribution in [1.82, 2.24) is 3.92 Å². The van der Waals surface area contributed by atoms with Gasteiger partial charge in [0, 0.05) is 0 Å². The average molecular weight is 398 g/mol. The van der Waals surface area contributed by atoms with Crippen LogP contribution in [0.25, 0.3) is 0 Å². The van der Waals surface area contributed by atoms with E-state index in [4.69, 9.17) is 4.74 Å². The van der Waals surface area contributed by atoms with Gasteiger partial charge >= 0.3 is 97.8 Å². The Hall–Kier alpha value is 0.229. The number of benzene rings is 1. The molecule has 0 N–H and O–H groups in total. The Kier molecular flexibility index (Phi) is 5.10. The maximum absolute atomic E-state index is 5.29. The van der Waals surface area contributed by atoms with Gasteiger partial charge in [0.15, 0.2) is 0 Å². The van der Waals surface area contributed by atoms with Gasteiger partial charge in [0.1, 0.15) is 0 Å². The van der Waals surface area contributed by atoms with Gasteiger partial charge in [-0.2, -0.15) is 0 Å². The van der Waals surface area contributed by atoms with Gasteiger partial charge in [0.05, 0.1) is 0 Å². The smallest absolute Gasteiger partial charge is 0.107 e. The van der Waals surface area contributed by atoms with Gasteiger partial charge in [-0.15, -0.1) is 24.0 Å². The van der Waals surface area contributed by atoms with Gasteiger partial charge in [-0.25, -0.2) is 0 Å². The average Bonchev–Trinajstić information content (AvgIpc) is 2.52. The van der Waals surface area contributed by atoms with Crippen LogP contribution in [-0.2, 0) is 0 Å². The monoisotopic (exact) mass is 399 g/mol. The first kappa shape index (κ1) is 14.3. The summed E-state index contributed by atoms with van der Waals surface area (Å²) < 4.78 is 9.27. The molecule has 0 bridgehead atoms. The zero-order chi connectivity index (χ0) is 11.0. The number of ether oxygens (including phenoxy) is 1. The molecule has 0 radical (unpaired) electrons. The minimum Gasteiger partial charge on any atom is -0.107 e. The van der Waals surface area contributed by atoms with E-state index in [1.54, 1.807) is 7.11 Å². The minimum atomic E-state index is 0. The molecule has 0 spiro atoms. The number of halogens is 1. The molecule has 0 aliphatic carbocycles. The summed E-state index contributed by atoms with van der Waals surface area (Å²) in [6.07, 6.45) is 0.